The first kappa shape index (κ1) is 7.43. The monoisotopic (exact) mass is 182 g/mol. The molecule has 0 amide bonds. The van der Waals surface area contributed by atoms with Crippen LogP contribution in [0.25, 0.3) is 11.0 Å². The maximum atomic E-state index is 12.7. The molecule has 1 heterocycles. The summed E-state index contributed by atoms with van der Waals surface area (Å²) in [5.74, 6) is -0.727. The van der Waals surface area contributed by atoms with Gasteiger partial charge in [0.2, 0.25) is 0 Å². The summed E-state index contributed by atoms with van der Waals surface area (Å²) in [6.45, 7) is 0. The fraction of sp³-hybridized carbons (Fsp3) is 0. The van der Waals surface area contributed by atoms with E-state index in [1.807, 2.05) is 0 Å². The number of halogens is 2. The Hall–Kier alpha value is -1.22. The van der Waals surface area contributed by atoms with E-state index in [-0.39, 0.29) is 5.15 Å². The summed E-state index contributed by atoms with van der Waals surface area (Å²) >= 11 is 5.44. The van der Waals surface area contributed by atoms with Gasteiger partial charge in [-0.1, -0.05) is 23.7 Å². The van der Waals surface area contributed by atoms with Gasteiger partial charge >= 0.3 is 0 Å². The Morgan fingerprint density at radius 1 is 1.08 bits per heavy atom. The smallest absolute Gasteiger partial charge is 0.230 e. The van der Waals surface area contributed by atoms with Crippen LogP contribution in [0.15, 0.2) is 24.3 Å². The van der Waals surface area contributed by atoms with Gasteiger partial charge in [-0.25, -0.2) is 9.97 Å². The molecule has 2 aromatic rings. The highest BCUT2D eigenvalue weighted by Gasteiger charge is 2.03. The minimum absolute atomic E-state index is 0.186. The summed E-state index contributed by atoms with van der Waals surface area (Å²) in [4.78, 5) is 7.42. The standard InChI is InChI=1S/C8H4ClFN2/c9-7-8(10)12-6-4-2-1-3-5(6)11-7/h1-4H. The number of fused-ring (bicyclic) bond motifs is 1. The lowest BCUT2D eigenvalue weighted by molar-refractivity contribution is 0.584. The summed E-state index contributed by atoms with van der Waals surface area (Å²) in [5, 5.41) is -0.186. The van der Waals surface area contributed by atoms with Crippen LogP contribution in [0.1, 0.15) is 0 Å². The van der Waals surface area contributed by atoms with Crippen LogP contribution in [-0.2, 0) is 0 Å². The van der Waals surface area contributed by atoms with Gasteiger partial charge in [0, 0.05) is 0 Å². The maximum Gasteiger partial charge on any atom is 0.251 e. The molecule has 2 rings (SSSR count). The van der Waals surface area contributed by atoms with Crippen molar-refractivity contribution in [3.63, 3.8) is 0 Å². The zero-order chi connectivity index (χ0) is 8.55. The number of hydrogen-bond donors (Lipinski definition) is 0. The average Bonchev–Trinajstić information content (AvgIpc) is 2.07. The fourth-order valence-electron chi connectivity index (χ4n) is 0.957. The second kappa shape index (κ2) is 2.68. The number of nitrogens with zero attached hydrogens (tertiary/aromatic N) is 2. The molecule has 0 atom stereocenters. The lowest BCUT2D eigenvalue weighted by atomic mass is 10.3. The van der Waals surface area contributed by atoms with Crippen molar-refractivity contribution in [1.82, 2.24) is 9.97 Å². The first-order valence-electron chi connectivity index (χ1n) is 3.35. The number of benzene rings is 1. The molecular weight excluding hydrogens is 179 g/mol. The van der Waals surface area contributed by atoms with Crippen molar-refractivity contribution < 1.29 is 4.39 Å². The molecule has 0 aliphatic rings. The van der Waals surface area contributed by atoms with Gasteiger partial charge in [-0.05, 0) is 12.1 Å². The molecule has 12 heavy (non-hydrogen) atoms. The molecule has 0 aliphatic heterocycles. The van der Waals surface area contributed by atoms with Crippen molar-refractivity contribution in [1.29, 1.82) is 0 Å². The van der Waals surface area contributed by atoms with Gasteiger partial charge < -0.3 is 0 Å². The van der Waals surface area contributed by atoms with Crippen molar-refractivity contribution in [3.8, 4) is 0 Å². The van der Waals surface area contributed by atoms with E-state index >= 15 is 0 Å². The molecule has 1 aromatic heterocycles. The molecule has 0 saturated carbocycles. The molecule has 0 aliphatic carbocycles. The highest BCUT2D eigenvalue weighted by atomic mass is 35.5. The van der Waals surface area contributed by atoms with Crippen molar-refractivity contribution >= 4 is 22.6 Å². The van der Waals surface area contributed by atoms with Crippen LogP contribution in [0, 0.1) is 5.95 Å². The Morgan fingerprint density at radius 3 is 2.33 bits per heavy atom. The second-order valence-corrected chi connectivity index (χ2v) is 2.65. The number of hydrogen-bond acceptors (Lipinski definition) is 2. The largest absolute Gasteiger partial charge is 0.251 e. The Kier molecular flexibility index (Phi) is 1.66. The van der Waals surface area contributed by atoms with E-state index in [2.05, 4.69) is 9.97 Å². The molecule has 0 saturated heterocycles. The van der Waals surface area contributed by atoms with E-state index in [1.54, 1.807) is 24.3 Å². The zero-order valence-corrected chi connectivity index (χ0v) is 6.72. The third kappa shape index (κ3) is 1.12. The molecule has 4 heteroatoms. The van der Waals surface area contributed by atoms with Crippen LogP contribution in [0.4, 0.5) is 4.39 Å². The summed E-state index contributed by atoms with van der Waals surface area (Å²) in [6, 6.07) is 6.98. The Bertz CT molecular complexity index is 390. The number of rotatable bonds is 0. The van der Waals surface area contributed by atoms with Gasteiger partial charge in [0.05, 0.1) is 11.0 Å². The van der Waals surface area contributed by atoms with Crippen molar-refractivity contribution in [2.75, 3.05) is 0 Å². The predicted octanol–water partition coefficient (Wildman–Crippen LogP) is 2.42. The third-order valence-corrected chi connectivity index (χ3v) is 1.73. The summed E-state index contributed by atoms with van der Waals surface area (Å²) in [5.41, 5.74) is 1.11. The van der Waals surface area contributed by atoms with Crippen LogP contribution < -0.4 is 0 Å². The second-order valence-electron chi connectivity index (χ2n) is 2.29. The van der Waals surface area contributed by atoms with E-state index in [1.165, 1.54) is 0 Å². The Balaban J connectivity index is 2.84. The van der Waals surface area contributed by atoms with Crippen molar-refractivity contribution in [3.05, 3.63) is 35.4 Å². The average molecular weight is 183 g/mol. The van der Waals surface area contributed by atoms with Crippen LogP contribution in [-0.4, -0.2) is 9.97 Å². The molecule has 60 valence electrons. The lowest BCUT2D eigenvalue weighted by Gasteiger charge is -1.96. The minimum Gasteiger partial charge on any atom is -0.230 e. The molecule has 2 nitrogen and oxygen atoms in total. The first-order valence-corrected chi connectivity index (χ1v) is 3.73. The van der Waals surface area contributed by atoms with Crippen LogP contribution in [0.2, 0.25) is 5.15 Å². The summed E-state index contributed by atoms with van der Waals surface area (Å²) < 4.78 is 12.7. The summed E-state index contributed by atoms with van der Waals surface area (Å²) in [7, 11) is 0. The topological polar surface area (TPSA) is 25.8 Å². The van der Waals surface area contributed by atoms with Crippen LogP contribution >= 0.6 is 11.6 Å². The third-order valence-electron chi connectivity index (χ3n) is 1.49. The van der Waals surface area contributed by atoms with Gasteiger partial charge in [-0.15, -0.1) is 0 Å². The van der Waals surface area contributed by atoms with Gasteiger partial charge in [0.15, 0.2) is 5.15 Å². The number of aromatic nitrogens is 2. The Morgan fingerprint density at radius 2 is 1.67 bits per heavy atom. The van der Waals surface area contributed by atoms with Gasteiger partial charge in [-0.3, -0.25) is 0 Å². The molecule has 1 aromatic carbocycles. The lowest BCUT2D eigenvalue weighted by Crippen LogP contribution is -1.89. The van der Waals surface area contributed by atoms with Crippen molar-refractivity contribution in [2.45, 2.75) is 0 Å². The van der Waals surface area contributed by atoms with E-state index in [0.717, 1.165) is 0 Å². The SMILES string of the molecule is Fc1nc2ccccc2nc1Cl. The fourth-order valence-corrected chi connectivity index (χ4v) is 1.09. The van der Waals surface area contributed by atoms with Crippen LogP contribution in [0.5, 0.6) is 0 Å². The molecule has 0 bridgehead atoms. The molecule has 0 spiro atoms. The first-order chi connectivity index (χ1) is 5.77. The quantitative estimate of drug-likeness (QED) is 0.625. The molecule has 0 N–H and O–H groups in total. The summed E-state index contributed by atoms with van der Waals surface area (Å²) in [6.07, 6.45) is 0. The number of para-hydroxylation sites is 2. The van der Waals surface area contributed by atoms with Gasteiger partial charge in [-0.2, -0.15) is 4.39 Å². The molecule has 0 fully saturated rings. The molecular formula is C8H4ClFN2. The maximum absolute atomic E-state index is 12.7. The Labute approximate surface area is 73.0 Å². The highest BCUT2D eigenvalue weighted by molar-refractivity contribution is 6.29. The molecule has 0 radical (unpaired) electrons. The predicted molar refractivity (Wildman–Crippen MR) is 44.5 cm³/mol. The van der Waals surface area contributed by atoms with E-state index in [9.17, 15) is 4.39 Å². The highest BCUT2D eigenvalue weighted by Crippen LogP contribution is 2.14. The van der Waals surface area contributed by atoms with Gasteiger partial charge in [0.25, 0.3) is 5.95 Å². The van der Waals surface area contributed by atoms with E-state index in [4.69, 9.17) is 11.6 Å². The van der Waals surface area contributed by atoms with E-state index < -0.39 is 5.95 Å². The zero-order valence-electron chi connectivity index (χ0n) is 5.96. The minimum atomic E-state index is -0.727. The molecule has 0 unspecified atom stereocenters. The van der Waals surface area contributed by atoms with Gasteiger partial charge in [0.1, 0.15) is 0 Å². The van der Waals surface area contributed by atoms with Crippen LogP contribution in [0.3, 0.4) is 0 Å². The van der Waals surface area contributed by atoms with Crippen molar-refractivity contribution in [2.24, 2.45) is 0 Å². The normalized spacial score (nSPS) is 10.5. The van der Waals surface area contributed by atoms with E-state index in [0.29, 0.717) is 11.0 Å².